The number of rotatable bonds is 7. The Morgan fingerprint density at radius 1 is 1.33 bits per heavy atom. The molecule has 1 N–H and O–H groups in total. The van der Waals surface area contributed by atoms with Crippen LogP contribution in [0.5, 0.6) is 0 Å². The number of aromatic nitrogens is 1. The highest BCUT2D eigenvalue weighted by atomic mass is 32.1. The van der Waals surface area contributed by atoms with Crippen molar-refractivity contribution in [1.29, 1.82) is 0 Å². The van der Waals surface area contributed by atoms with Crippen LogP contribution in [0.2, 0.25) is 0 Å². The highest BCUT2D eigenvalue weighted by Gasteiger charge is 2.26. The Hall–Kier alpha value is -0.410. The lowest BCUT2D eigenvalue weighted by atomic mass is 9.79. The van der Waals surface area contributed by atoms with E-state index in [0.29, 0.717) is 5.41 Å². The molecular weight excluding hydrogens is 204 g/mol. The van der Waals surface area contributed by atoms with Gasteiger partial charge < -0.3 is 5.32 Å². The van der Waals surface area contributed by atoms with E-state index in [-0.39, 0.29) is 0 Å². The molecule has 1 heterocycles. The lowest BCUT2D eigenvalue weighted by molar-refractivity contribution is 0.250. The van der Waals surface area contributed by atoms with Gasteiger partial charge >= 0.3 is 0 Å². The van der Waals surface area contributed by atoms with Crippen molar-refractivity contribution >= 4 is 11.3 Å². The Kier molecular flexibility index (Phi) is 5.26. The number of hydrogen-bond donors (Lipinski definition) is 1. The number of thiazole rings is 1. The molecule has 3 heteroatoms. The van der Waals surface area contributed by atoms with E-state index in [4.69, 9.17) is 0 Å². The zero-order chi connectivity index (χ0) is 11.1. The summed E-state index contributed by atoms with van der Waals surface area (Å²) < 4.78 is 0. The van der Waals surface area contributed by atoms with Crippen molar-refractivity contribution in [1.82, 2.24) is 10.3 Å². The summed E-state index contributed by atoms with van der Waals surface area (Å²) >= 11 is 1.78. The maximum absolute atomic E-state index is 4.15. The van der Waals surface area contributed by atoms with Crippen molar-refractivity contribution in [3.05, 3.63) is 16.6 Å². The first kappa shape index (κ1) is 12.7. The second-order valence-electron chi connectivity index (χ2n) is 4.13. The molecule has 0 aromatic carbocycles. The third kappa shape index (κ3) is 3.58. The molecule has 0 atom stereocenters. The van der Waals surface area contributed by atoms with Crippen LogP contribution in [-0.2, 0) is 6.42 Å². The Morgan fingerprint density at radius 2 is 2.07 bits per heavy atom. The van der Waals surface area contributed by atoms with E-state index in [9.17, 15) is 0 Å². The van der Waals surface area contributed by atoms with Crippen molar-refractivity contribution in [2.24, 2.45) is 5.41 Å². The predicted molar refractivity (Wildman–Crippen MR) is 67.4 cm³/mol. The first-order chi connectivity index (χ1) is 7.26. The third-order valence-electron chi connectivity index (χ3n) is 3.28. The van der Waals surface area contributed by atoms with Gasteiger partial charge in [-0.25, -0.2) is 0 Å². The van der Waals surface area contributed by atoms with Gasteiger partial charge in [-0.3, -0.25) is 4.98 Å². The fourth-order valence-electron chi connectivity index (χ4n) is 1.90. The van der Waals surface area contributed by atoms with E-state index < -0.39 is 0 Å². The molecule has 1 aromatic rings. The fourth-order valence-corrected chi connectivity index (χ4v) is 2.67. The Labute approximate surface area is 97.1 Å². The molecule has 86 valence electrons. The van der Waals surface area contributed by atoms with Crippen molar-refractivity contribution < 1.29 is 0 Å². The van der Waals surface area contributed by atoms with Crippen LogP contribution in [-0.4, -0.2) is 18.1 Å². The van der Waals surface area contributed by atoms with Crippen LogP contribution in [0.25, 0.3) is 0 Å². The molecule has 0 spiro atoms. The van der Waals surface area contributed by atoms with E-state index in [2.05, 4.69) is 31.1 Å². The zero-order valence-electron chi connectivity index (χ0n) is 10.0. The molecule has 0 saturated heterocycles. The van der Waals surface area contributed by atoms with Crippen LogP contribution >= 0.6 is 11.3 Å². The Morgan fingerprint density at radius 3 is 2.53 bits per heavy atom. The van der Waals surface area contributed by atoms with Gasteiger partial charge in [0.1, 0.15) is 0 Å². The van der Waals surface area contributed by atoms with Gasteiger partial charge in [0.05, 0.1) is 5.51 Å². The van der Waals surface area contributed by atoms with Gasteiger partial charge in [-0.05, 0) is 31.2 Å². The van der Waals surface area contributed by atoms with Gasteiger partial charge in [0.25, 0.3) is 0 Å². The molecule has 0 amide bonds. The van der Waals surface area contributed by atoms with Crippen molar-refractivity contribution in [2.75, 3.05) is 13.1 Å². The minimum Gasteiger partial charge on any atom is -0.316 e. The highest BCUT2D eigenvalue weighted by molar-refractivity contribution is 7.09. The topological polar surface area (TPSA) is 24.9 Å². The summed E-state index contributed by atoms with van der Waals surface area (Å²) in [6, 6.07) is 0. The summed E-state index contributed by atoms with van der Waals surface area (Å²) in [4.78, 5) is 5.57. The Bertz CT molecular complexity index is 253. The van der Waals surface area contributed by atoms with E-state index in [1.165, 1.54) is 17.7 Å². The minimum absolute atomic E-state index is 0.419. The first-order valence-corrected chi connectivity index (χ1v) is 6.72. The molecule has 0 fully saturated rings. The monoisotopic (exact) mass is 226 g/mol. The second kappa shape index (κ2) is 6.23. The summed E-state index contributed by atoms with van der Waals surface area (Å²) in [5.41, 5.74) is 2.35. The lowest BCUT2D eigenvalue weighted by Gasteiger charge is -2.31. The van der Waals surface area contributed by atoms with Gasteiger partial charge in [0.15, 0.2) is 0 Å². The van der Waals surface area contributed by atoms with Crippen LogP contribution in [0.1, 0.15) is 38.5 Å². The SMILES string of the molecule is CCNCC(CC)(CC)Cc1cncs1. The summed E-state index contributed by atoms with van der Waals surface area (Å²) in [6.45, 7) is 8.94. The van der Waals surface area contributed by atoms with E-state index >= 15 is 0 Å². The highest BCUT2D eigenvalue weighted by Crippen LogP contribution is 2.31. The van der Waals surface area contributed by atoms with E-state index in [1.54, 1.807) is 11.3 Å². The molecule has 1 aromatic heterocycles. The molecular formula is C12H22N2S. The van der Waals surface area contributed by atoms with Crippen LogP contribution < -0.4 is 5.32 Å². The van der Waals surface area contributed by atoms with Gasteiger partial charge in [0, 0.05) is 17.6 Å². The maximum Gasteiger partial charge on any atom is 0.0794 e. The number of hydrogen-bond acceptors (Lipinski definition) is 3. The fraction of sp³-hybridized carbons (Fsp3) is 0.750. The van der Waals surface area contributed by atoms with Gasteiger partial charge in [0.2, 0.25) is 0 Å². The Balaban J connectivity index is 2.63. The molecule has 0 bridgehead atoms. The normalized spacial score (nSPS) is 11.9. The molecule has 0 saturated carbocycles. The zero-order valence-corrected chi connectivity index (χ0v) is 10.9. The largest absolute Gasteiger partial charge is 0.316 e. The number of nitrogens with one attached hydrogen (secondary N) is 1. The molecule has 0 aliphatic carbocycles. The average molecular weight is 226 g/mol. The second-order valence-corrected chi connectivity index (χ2v) is 5.10. The molecule has 2 nitrogen and oxygen atoms in total. The summed E-state index contributed by atoms with van der Waals surface area (Å²) in [6.07, 6.45) is 5.64. The molecule has 0 aliphatic heterocycles. The van der Waals surface area contributed by atoms with Crippen LogP contribution in [0, 0.1) is 5.41 Å². The number of nitrogens with zero attached hydrogens (tertiary/aromatic N) is 1. The van der Waals surface area contributed by atoms with Gasteiger partial charge in [-0.1, -0.05) is 20.8 Å². The van der Waals surface area contributed by atoms with E-state index in [1.807, 2.05) is 11.7 Å². The maximum atomic E-state index is 4.15. The molecule has 1 rings (SSSR count). The van der Waals surface area contributed by atoms with Crippen LogP contribution in [0.4, 0.5) is 0 Å². The molecule has 0 radical (unpaired) electrons. The molecule has 15 heavy (non-hydrogen) atoms. The quantitative estimate of drug-likeness (QED) is 0.773. The first-order valence-electron chi connectivity index (χ1n) is 5.84. The molecule has 0 aliphatic rings. The lowest BCUT2D eigenvalue weighted by Crippen LogP contribution is -2.35. The third-order valence-corrected chi connectivity index (χ3v) is 4.06. The van der Waals surface area contributed by atoms with Gasteiger partial charge in [-0.15, -0.1) is 11.3 Å². The minimum atomic E-state index is 0.419. The van der Waals surface area contributed by atoms with Crippen LogP contribution in [0.3, 0.4) is 0 Å². The van der Waals surface area contributed by atoms with E-state index in [0.717, 1.165) is 19.5 Å². The van der Waals surface area contributed by atoms with Gasteiger partial charge in [-0.2, -0.15) is 0 Å². The molecule has 0 unspecified atom stereocenters. The van der Waals surface area contributed by atoms with Crippen molar-refractivity contribution in [3.8, 4) is 0 Å². The van der Waals surface area contributed by atoms with Crippen molar-refractivity contribution in [2.45, 2.75) is 40.0 Å². The predicted octanol–water partition coefficient (Wildman–Crippen LogP) is 3.10. The van der Waals surface area contributed by atoms with Crippen LogP contribution in [0.15, 0.2) is 11.7 Å². The average Bonchev–Trinajstić information content (AvgIpc) is 2.77. The standard InChI is InChI=1S/C12H22N2S/c1-4-12(5-2,9-13-6-3)7-11-8-14-10-15-11/h8,10,13H,4-7,9H2,1-3H3. The summed E-state index contributed by atoms with van der Waals surface area (Å²) in [7, 11) is 0. The summed E-state index contributed by atoms with van der Waals surface area (Å²) in [5, 5.41) is 3.49. The smallest absolute Gasteiger partial charge is 0.0794 e. The van der Waals surface area contributed by atoms with Crippen molar-refractivity contribution in [3.63, 3.8) is 0 Å². The summed E-state index contributed by atoms with van der Waals surface area (Å²) in [5.74, 6) is 0.